The normalized spacial score (nSPS) is 46.2. The molecule has 0 aromatic heterocycles. The van der Waals surface area contributed by atoms with Gasteiger partial charge < -0.3 is 0 Å². The van der Waals surface area contributed by atoms with Crippen LogP contribution in [0.4, 0.5) is 0 Å². The van der Waals surface area contributed by atoms with Gasteiger partial charge >= 0.3 is 0 Å². The Morgan fingerprint density at radius 1 is 0.341 bits per heavy atom. The van der Waals surface area contributed by atoms with Gasteiger partial charge in [-0.05, 0) is 0 Å². The van der Waals surface area contributed by atoms with Crippen LogP contribution >= 0.6 is 0 Å². The van der Waals surface area contributed by atoms with Crippen molar-refractivity contribution >= 4 is 0 Å². The van der Waals surface area contributed by atoms with Crippen LogP contribution in [0.2, 0.25) is 0 Å². The molecular weight excluding hydrogens is 544 g/mol. The van der Waals surface area contributed by atoms with E-state index in [1.54, 1.807) is 22.3 Å². The van der Waals surface area contributed by atoms with E-state index in [0.717, 1.165) is 0 Å². The number of rotatable bonds is 0. The molecule has 0 aliphatic carbocycles. The largest absolute Gasteiger partial charge is 0.296 e. The molecule has 8 saturated heterocycles. The molecule has 44 heavy (non-hydrogen) atoms. The molecule has 9 aliphatic rings. The first-order chi connectivity index (χ1) is 21.6. The summed E-state index contributed by atoms with van der Waals surface area (Å²) in [5, 5.41) is 0. The van der Waals surface area contributed by atoms with Gasteiger partial charge in [-0.15, -0.1) is 0 Å². The third-order valence-corrected chi connectivity index (χ3v) is 15.1. The highest BCUT2D eigenvalue weighted by molar-refractivity contribution is 5.28. The van der Waals surface area contributed by atoms with E-state index in [1.165, 1.54) is 149 Å². The van der Waals surface area contributed by atoms with Crippen LogP contribution < -0.4 is 0 Å². The predicted octanol–water partition coefficient (Wildman–Crippen LogP) is 1.29. The summed E-state index contributed by atoms with van der Waals surface area (Å²) < 4.78 is 5.25. The molecule has 232 valence electrons. The average Bonchev–Trinajstić information content (AvgIpc) is 3.79. The summed E-state index contributed by atoms with van der Waals surface area (Å²) in [6.07, 6.45) is 2.61. The second-order valence-corrected chi connectivity index (χ2v) is 16.6. The van der Waals surface area contributed by atoms with Crippen LogP contribution in [0.15, 0.2) is 48.5 Å². The molecule has 4 unspecified atom stereocenters. The van der Waals surface area contributed by atoms with E-state index in [-0.39, 0.29) is 0 Å². The number of fused-ring (bicyclic) bond motifs is 2. The maximum absolute atomic E-state index is 2.96. The molecule has 8 bridgehead atoms. The van der Waals surface area contributed by atoms with Gasteiger partial charge in [0.05, 0.1) is 105 Å². The first kappa shape index (κ1) is 26.2. The van der Waals surface area contributed by atoms with Gasteiger partial charge in [-0.3, -0.25) is 17.9 Å². The summed E-state index contributed by atoms with van der Waals surface area (Å²) in [7, 11) is 0. The van der Waals surface area contributed by atoms with Gasteiger partial charge in [0.1, 0.15) is 26.2 Å². The minimum atomic E-state index is 0.652. The molecule has 11 rings (SSSR count). The van der Waals surface area contributed by atoms with Crippen molar-refractivity contribution in [1.82, 2.24) is 19.6 Å². The Hall–Kier alpha value is -1.88. The van der Waals surface area contributed by atoms with Crippen LogP contribution in [0, 0.1) is 0 Å². The van der Waals surface area contributed by atoms with E-state index in [0.29, 0.717) is 24.7 Å². The first-order valence-corrected chi connectivity index (χ1v) is 18.1. The van der Waals surface area contributed by atoms with Gasteiger partial charge in [0.15, 0.2) is 0 Å². The molecule has 2 aromatic carbocycles. The highest BCUT2D eigenvalue weighted by atomic mass is 15.7. The highest BCUT2D eigenvalue weighted by Crippen LogP contribution is 2.48. The number of hydrogen-bond acceptors (Lipinski definition) is 4. The number of piperazine rings is 4. The minimum Gasteiger partial charge on any atom is -0.296 e. The van der Waals surface area contributed by atoms with Gasteiger partial charge in [0, 0.05) is 22.3 Å². The molecule has 8 nitrogen and oxygen atoms in total. The Balaban J connectivity index is 1.11. The molecule has 0 saturated carbocycles. The van der Waals surface area contributed by atoms with E-state index < -0.39 is 0 Å². The molecule has 9 aliphatic heterocycles. The third-order valence-electron chi connectivity index (χ3n) is 15.1. The van der Waals surface area contributed by atoms with Gasteiger partial charge in [0.25, 0.3) is 0 Å². The SMILES string of the molecule is c1ccc2c(c1)C[N+]13CCN4CC[N+]5(CCN(CC1)C5C43)Cc1ccccc1C[N+]13CCN4CC[N+]5(CCN(CC1)C5C43)C2. The lowest BCUT2D eigenvalue weighted by molar-refractivity contribution is -1.04. The van der Waals surface area contributed by atoms with Gasteiger partial charge in [-0.25, -0.2) is 19.6 Å². The maximum atomic E-state index is 2.96. The topological polar surface area (TPSA) is 13.0 Å². The van der Waals surface area contributed by atoms with Crippen molar-refractivity contribution in [3.63, 3.8) is 0 Å². The number of benzene rings is 2. The smallest absolute Gasteiger partial charge is 0.214 e. The zero-order valence-corrected chi connectivity index (χ0v) is 26.6. The molecule has 0 N–H and O–H groups in total. The lowest BCUT2D eigenvalue weighted by Gasteiger charge is -2.58. The standard InChI is InChI=1S/C36H52N8/c1-2-6-30-26-42-18-10-39-16-24-44(20-12-40(14-22-42)36(44)35(39)42)28-32-8-4-3-7-31(32)27-43-19-11-38-13-21-41(25-29(30)5-1)17-9-37(15-23-43)33(41)34(38)43/h1-8,33-36H,9-28H2/q+4. The van der Waals surface area contributed by atoms with Crippen molar-refractivity contribution in [1.29, 1.82) is 0 Å². The van der Waals surface area contributed by atoms with E-state index in [4.69, 9.17) is 0 Å². The van der Waals surface area contributed by atoms with Crippen molar-refractivity contribution < 1.29 is 17.9 Å². The molecular formula is C36H52N8+4. The van der Waals surface area contributed by atoms with Gasteiger partial charge in [0.2, 0.25) is 24.7 Å². The van der Waals surface area contributed by atoms with Crippen LogP contribution in [0.3, 0.4) is 0 Å². The second kappa shape index (κ2) is 8.92. The van der Waals surface area contributed by atoms with Crippen LogP contribution in [-0.4, -0.2) is 167 Å². The van der Waals surface area contributed by atoms with Crippen molar-refractivity contribution in [2.75, 3.05) is 105 Å². The van der Waals surface area contributed by atoms with Crippen molar-refractivity contribution in [3.8, 4) is 0 Å². The average molecular weight is 597 g/mol. The van der Waals surface area contributed by atoms with Crippen LogP contribution in [0.5, 0.6) is 0 Å². The van der Waals surface area contributed by atoms with E-state index in [2.05, 4.69) is 68.1 Å². The summed E-state index contributed by atoms with van der Waals surface area (Å²) in [4.78, 5) is 11.8. The van der Waals surface area contributed by atoms with E-state index in [1.807, 2.05) is 0 Å². The number of hydrogen-bond donors (Lipinski definition) is 0. The quantitative estimate of drug-likeness (QED) is 0.425. The van der Waals surface area contributed by atoms with Gasteiger partial charge in [-0.1, -0.05) is 48.5 Å². The molecule has 8 fully saturated rings. The molecule has 0 amide bonds. The summed E-state index contributed by atoms with van der Waals surface area (Å²) in [6.45, 7) is 25.9. The maximum Gasteiger partial charge on any atom is 0.214 e. The molecule has 0 radical (unpaired) electrons. The second-order valence-electron chi connectivity index (χ2n) is 16.6. The summed E-state index contributed by atoms with van der Waals surface area (Å²) in [5.41, 5.74) is 6.72. The zero-order valence-electron chi connectivity index (χ0n) is 26.6. The minimum absolute atomic E-state index is 0.652. The number of quaternary nitrogens is 4. The van der Waals surface area contributed by atoms with Crippen LogP contribution in [0.25, 0.3) is 0 Å². The Kier molecular flexibility index (Phi) is 5.32. The Morgan fingerprint density at radius 3 is 0.750 bits per heavy atom. The third kappa shape index (κ3) is 3.31. The Labute approximate surface area is 263 Å². The summed E-state index contributed by atoms with van der Waals surface area (Å²) in [5.74, 6) is 0. The monoisotopic (exact) mass is 596 g/mol. The fourth-order valence-corrected chi connectivity index (χ4v) is 13.0. The zero-order chi connectivity index (χ0) is 28.7. The van der Waals surface area contributed by atoms with Crippen LogP contribution in [0.1, 0.15) is 22.3 Å². The van der Waals surface area contributed by atoms with E-state index >= 15 is 0 Å². The summed E-state index contributed by atoms with van der Waals surface area (Å²) in [6, 6.07) is 19.7. The van der Waals surface area contributed by atoms with Gasteiger partial charge in [-0.2, -0.15) is 0 Å². The van der Waals surface area contributed by atoms with Crippen LogP contribution in [-0.2, 0) is 26.2 Å². The lowest BCUT2D eigenvalue weighted by Crippen LogP contribution is -2.78. The van der Waals surface area contributed by atoms with E-state index in [9.17, 15) is 0 Å². The number of nitrogens with zero attached hydrogens (tertiary/aromatic N) is 8. The highest BCUT2D eigenvalue weighted by Gasteiger charge is 2.69. The summed E-state index contributed by atoms with van der Waals surface area (Å²) >= 11 is 0. The molecule has 2 aromatic rings. The molecule has 9 heterocycles. The molecule has 0 spiro atoms. The molecule has 4 atom stereocenters. The lowest BCUT2D eigenvalue weighted by atomic mass is 9.97. The fraction of sp³-hybridized carbons (Fsp3) is 0.667. The Morgan fingerprint density at radius 2 is 0.545 bits per heavy atom. The first-order valence-electron chi connectivity index (χ1n) is 18.1. The Bertz CT molecular complexity index is 1290. The van der Waals surface area contributed by atoms with Crippen molar-refractivity contribution in [3.05, 3.63) is 70.8 Å². The fourth-order valence-electron chi connectivity index (χ4n) is 13.0. The molecule has 8 heteroatoms. The van der Waals surface area contributed by atoms with Crippen molar-refractivity contribution in [2.45, 2.75) is 50.8 Å². The van der Waals surface area contributed by atoms with Crippen molar-refractivity contribution in [2.24, 2.45) is 0 Å². The predicted molar refractivity (Wildman–Crippen MR) is 169 cm³/mol.